The van der Waals surface area contributed by atoms with E-state index in [1.54, 1.807) is 11.4 Å². The molecule has 4 atom stereocenters. The fourth-order valence-electron chi connectivity index (χ4n) is 3.71. The Kier molecular flexibility index (Phi) is 5.79. The number of anilines is 1. The first kappa shape index (κ1) is 20.0. The van der Waals surface area contributed by atoms with Crippen LogP contribution >= 0.6 is 11.3 Å². The molecule has 1 saturated carbocycles. The molecular formula is C19H21N3O5S. The molecule has 0 bridgehead atoms. The van der Waals surface area contributed by atoms with E-state index in [2.05, 4.69) is 5.32 Å². The van der Waals surface area contributed by atoms with Crippen LogP contribution in [0.25, 0.3) is 0 Å². The van der Waals surface area contributed by atoms with E-state index < -0.39 is 24.0 Å². The number of rotatable bonds is 5. The van der Waals surface area contributed by atoms with Gasteiger partial charge in [-0.25, -0.2) is 4.79 Å². The molecule has 3 amide bonds. The summed E-state index contributed by atoms with van der Waals surface area (Å²) < 4.78 is 5.18. The number of nitrogens with one attached hydrogen (secondary N) is 1. The lowest BCUT2D eigenvalue weighted by Gasteiger charge is -2.23. The van der Waals surface area contributed by atoms with E-state index in [4.69, 9.17) is 10.00 Å². The summed E-state index contributed by atoms with van der Waals surface area (Å²) >= 11 is 1.18. The largest absolute Gasteiger partial charge is 0.451 e. The number of nitriles is 1. The van der Waals surface area contributed by atoms with Gasteiger partial charge in [0, 0.05) is 0 Å². The van der Waals surface area contributed by atoms with Crippen molar-refractivity contribution in [2.75, 3.05) is 5.32 Å². The lowest BCUT2D eigenvalue weighted by Crippen LogP contribution is -2.46. The molecule has 0 spiro atoms. The number of imide groups is 1. The van der Waals surface area contributed by atoms with E-state index in [1.807, 2.05) is 6.07 Å². The van der Waals surface area contributed by atoms with E-state index in [1.165, 1.54) is 25.2 Å². The number of likely N-dealkylation sites (tertiary alicyclic amines) is 1. The maximum Gasteiger partial charge on any atom is 0.329 e. The summed E-state index contributed by atoms with van der Waals surface area (Å²) in [5.74, 6) is -2.75. The van der Waals surface area contributed by atoms with Crippen molar-refractivity contribution in [3.63, 3.8) is 0 Å². The average Bonchev–Trinajstić information content (AvgIpc) is 3.23. The molecule has 148 valence electrons. The van der Waals surface area contributed by atoms with Crippen LogP contribution < -0.4 is 5.32 Å². The monoisotopic (exact) mass is 403 g/mol. The van der Waals surface area contributed by atoms with Crippen LogP contribution in [0.5, 0.6) is 0 Å². The number of fused-ring (bicyclic) bond motifs is 1. The number of amides is 3. The van der Waals surface area contributed by atoms with Crippen LogP contribution in [0.2, 0.25) is 0 Å². The van der Waals surface area contributed by atoms with Gasteiger partial charge in [0.25, 0.3) is 5.91 Å². The minimum atomic E-state index is -1.14. The van der Waals surface area contributed by atoms with Crippen molar-refractivity contribution >= 4 is 40.0 Å². The molecule has 0 aromatic carbocycles. The minimum absolute atomic E-state index is 0.320. The normalized spacial score (nSPS) is 23.5. The van der Waals surface area contributed by atoms with Gasteiger partial charge >= 0.3 is 5.97 Å². The average molecular weight is 403 g/mol. The maximum atomic E-state index is 12.6. The second-order valence-electron chi connectivity index (χ2n) is 7.06. The Bertz CT molecular complexity index is 834. The molecule has 1 N–H and O–H groups in total. The van der Waals surface area contributed by atoms with E-state index in [-0.39, 0.29) is 23.7 Å². The first-order valence-electron chi connectivity index (χ1n) is 9.21. The summed E-state index contributed by atoms with van der Waals surface area (Å²) in [5.41, 5.74) is 0.320. The first-order valence-corrected chi connectivity index (χ1v) is 10.1. The molecule has 9 heteroatoms. The molecule has 2 heterocycles. The second kappa shape index (κ2) is 8.10. The van der Waals surface area contributed by atoms with Crippen molar-refractivity contribution in [3.05, 3.63) is 17.0 Å². The molecule has 2 aliphatic rings. The lowest BCUT2D eigenvalue weighted by molar-refractivity contribution is -0.163. The van der Waals surface area contributed by atoms with Crippen molar-refractivity contribution in [1.82, 2.24) is 4.90 Å². The maximum absolute atomic E-state index is 12.6. The van der Waals surface area contributed by atoms with E-state index in [9.17, 15) is 19.2 Å². The smallest absolute Gasteiger partial charge is 0.329 e. The Balaban J connectivity index is 1.62. The van der Waals surface area contributed by atoms with Crippen LogP contribution in [-0.4, -0.2) is 40.7 Å². The van der Waals surface area contributed by atoms with Gasteiger partial charge in [-0.1, -0.05) is 12.8 Å². The Hall–Kier alpha value is -2.73. The van der Waals surface area contributed by atoms with Crippen molar-refractivity contribution in [2.45, 2.75) is 51.7 Å². The van der Waals surface area contributed by atoms with Crippen LogP contribution in [0, 0.1) is 23.2 Å². The Labute approximate surface area is 166 Å². The van der Waals surface area contributed by atoms with Crippen molar-refractivity contribution in [1.29, 1.82) is 5.26 Å². The van der Waals surface area contributed by atoms with Gasteiger partial charge in [0.15, 0.2) is 6.10 Å². The van der Waals surface area contributed by atoms with Gasteiger partial charge in [0.1, 0.15) is 17.1 Å². The second-order valence-corrected chi connectivity index (χ2v) is 7.98. The highest BCUT2D eigenvalue weighted by Gasteiger charge is 2.51. The van der Waals surface area contributed by atoms with Crippen molar-refractivity contribution in [3.8, 4) is 6.07 Å². The zero-order chi connectivity index (χ0) is 20.4. The van der Waals surface area contributed by atoms with E-state index in [0.29, 0.717) is 23.4 Å². The summed E-state index contributed by atoms with van der Waals surface area (Å²) in [6.07, 6.45) is 1.98. The molecule has 28 heavy (non-hydrogen) atoms. The van der Waals surface area contributed by atoms with Crippen molar-refractivity contribution in [2.24, 2.45) is 11.8 Å². The summed E-state index contributed by atoms with van der Waals surface area (Å²) in [5, 5.41) is 13.6. The summed E-state index contributed by atoms with van der Waals surface area (Å²) in [6, 6.07) is 2.44. The summed E-state index contributed by atoms with van der Waals surface area (Å²) in [4.78, 5) is 50.9. The lowest BCUT2D eigenvalue weighted by atomic mass is 9.81. The SMILES string of the molecule is C[C@H](OC(=O)[C@H](C)N1C(=O)[C@H]2CCCC[C@H]2C1=O)C(=O)Nc1sccc1C#N. The fourth-order valence-corrected chi connectivity index (χ4v) is 4.45. The number of hydrogen-bond acceptors (Lipinski definition) is 7. The Morgan fingerprint density at radius 1 is 1.25 bits per heavy atom. The summed E-state index contributed by atoms with van der Waals surface area (Å²) in [7, 11) is 0. The van der Waals surface area contributed by atoms with Gasteiger partial charge < -0.3 is 10.1 Å². The number of ether oxygens (including phenoxy) is 1. The molecule has 1 aromatic rings. The highest BCUT2D eigenvalue weighted by atomic mass is 32.1. The van der Waals surface area contributed by atoms with Crippen LogP contribution in [0.4, 0.5) is 5.00 Å². The van der Waals surface area contributed by atoms with Gasteiger partial charge in [-0.2, -0.15) is 5.26 Å². The number of thiophene rings is 1. The molecule has 3 rings (SSSR count). The van der Waals surface area contributed by atoms with Gasteiger partial charge in [0.2, 0.25) is 11.8 Å². The third-order valence-corrected chi connectivity index (χ3v) is 6.12. The third kappa shape index (κ3) is 3.64. The molecule has 1 aromatic heterocycles. The number of esters is 1. The van der Waals surface area contributed by atoms with Crippen LogP contribution in [-0.2, 0) is 23.9 Å². The highest BCUT2D eigenvalue weighted by molar-refractivity contribution is 7.14. The van der Waals surface area contributed by atoms with Gasteiger partial charge in [-0.05, 0) is 38.1 Å². The molecule has 2 fully saturated rings. The number of carbonyl (C=O) groups is 4. The predicted octanol–water partition coefficient (Wildman–Crippen LogP) is 2.05. The molecule has 1 saturated heterocycles. The topological polar surface area (TPSA) is 117 Å². The molecule has 1 aliphatic heterocycles. The first-order chi connectivity index (χ1) is 13.3. The van der Waals surface area contributed by atoms with E-state index in [0.717, 1.165) is 17.7 Å². The summed E-state index contributed by atoms with van der Waals surface area (Å²) in [6.45, 7) is 2.83. The van der Waals surface area contributed by atoms with Gasteiger partial charge in [-0.15, -0.1) is 11.3 Å². The quantitative estimate of drug-likeness (QED) is 0.594. The fraction of sp³-hybridized carbons (Fsp3) is 0.526. The van der Waals surface area contributed by atoms with Gasteiger partial charge in [0.05, 0.1) is 17.4 Å². The molecule has 0 unspecified atom stereocenters. The van der Waals surface area contributed by atoms with Crippen LogP contribution in [0.1, 0.15) is 45.1 Å². The standard InChI is InChI=1S/C19H21N3O5S/c1-10(22-17(24)13-5-3-4-6-14(13)18(22)25)19(26)27-11(2)15(23)21-16-12(9-20)7-8-28-16/h7-8,10-11,13-14H,3-6H2,1-2H3,(H,21,23)/t10-,11-,13-,14+/m0/s1. The number of nitrogens with zero attached hydrogens (tertiary/aromatic N) is 2. The zero-order valence-corrected chi connectivity index (χ0v) is 16.5. The van der Waals surface area contributed by atoms with Crippen LogP contribution in [0.15, 0.2) is 11.4 Å². The Morgan fingerprint density at radius 3 is 2.43 bits per heavy atom. The van der Waals surface area contributed by atoms with Gasteiger partial charge in [-0.3, -0.25) is 19.3 Å². The van der Waals surface area contributed by atoms with E-state index >= 15 is 0 Å². The Morgan fingerprint density at radius 2 is 1.86 bits per heavy atom. The molecule has 0 radical (unpaired) electrons. The van der Waals surface area contributed by atoms with Crippen LogP contribution in [0.3, 0.4) is 0 Å². The third-order valence-electron chi connectivity index (χ3n) is 5.29. The minimum Gasteiger partial charge on any atom is -0.451 e. The molecule has 8 nitrogen and oxygen atoms in total. The highest BCUT2D eigenvalue weighted by Crippen LogP contribution is 2.39. The zero-order valence-electron chi connectivity index (χ0n) is 15.6. The predicted molar refractivity (Wildman–Crippen MR) is 100.0 cm³/mol. The molecular weight excluding hydrogens is 382 g/mol. The van der Waals surface area contributed by atoms with Crippen molar-refractivity contribution < 1.29 is 23.9 Å². The number of hydrogen-bond donors (Lipinski definition) is 1. The molecule has 1 aliphatic carbocycles. The number of carbonyl (C=O) groups excluding carboxylic acids is 4.